The molecule has 0 fully saturated rings. The SMILES string of the molecule is C[C@@H](CO)N1C(=O)c2cccc3cccc(c23)C1=O. The second kappa shape index (κ2) is 4.17. The Morgan fingerprint density at radius 2 is 1.58 bits per heavy atom. The third-order valence-electron chi connectivity index (χ3n) is 3.51. The van der Waals surface area contributed by atoms with Crippen molar-refractivity contribution in [2.24, 2.45) is 0 Å². The first kappa shape index (κ1) is 11.9. The number of carbonyl (C=O) groups excluding carboxylic acids is 2. The van der Waals surface area contributed by atoms with Crippen LogP contribution in [0.5, 0.6) is 0 Å². The van der Waals surface area contributed by atoms with Gasteiger partial charge in [0.25, 0.3) is 11.8 Å². The number of hydrogen-bond acceptors (Lipinski definition) is 3. The monoisotopic (exact) mass is 255 g/mol. The molecule has 3 rings (SSSR count). The highest BCUT2D eigenvalue weighted by molar-refractivity contribution is 6.25. The molecule has 19 heavy (non-hydrogen) atoms. The summed E-state index contributed by atoms with van der Waals surface area (Å²) in [6.07, 6.45) is 0. The maximum atomic E-state index is 12.4. The van der Waals surface area contributed by atoms with Gasteiger partial charge in [-0.05, 0) is 24.4 Å². The van der Waals surface area contributed by atoms with E-state index in [-0.39, 0.29) is 18.4 Å². The van der Waals surface area contributed by atoms with Gasteiger partial charge in [-0.1, -0.05) is 24.3 Å². The van der Waals surface area contributed by atoms with Crippen molar-refractivity contribution >= 4 is 22.6 Å². The minimum Gasteiger partial charge on any atom is -0.394 e. The fourth-order valence-electron chi connectivity index (χ4n) is 2.53. The van der Waals surface area contributed by atoms with E-state index in [1.807, 2.05) is 12.1 Å². The molecule has 0 aromatic heterocycles. The average molecular weight is 255 g/mol. The Morgan fingerprint density at radius 1 is 1.05 bits per heavy atom. The number of amides is 2. The van der Waals surface area contributed by atoms with Gasteiger partial charge in [-0.25, -0.2) is 0 Å². The molecule has 2 aromatic rings. The van der Waals surface area contributed by atoms with Gasteiger partial charge in [0.2, 0.25) is 0 Å². The number of aliphatic hydroxyl groups is 1. The predicted molar refractivity (Wildman–Crippen MR) is 71.0 cm³/mol. The number of hydrogen-bond donors (Lipinski definition) is 1. The fraction of sp³-hybridized carbons (Fsp3) is 0.200. The summed E-state index contributed by atoms with van der Waals surface area (Å²) in [5.41, 5.74) is 1.04. The third-order valence-corrected chi connectivity index (χ3v) is 3.51. The molecule has 0 spiro atoms. The minimum atomic E-state index is -0.524. The van der Waals surface area contributed by atoms with Gasteiger partial charge in [0.05, 0.1) is 12.6 Å². The quantitative estimate of drug-likeness (QED) is 0.833. The molecule has 0 aliphatic carbocycles. The molecule has 1 N–H and O–H groups in total. The first-order chi connectivity index (χ1) is 9.15. The van der Waals surface area contributed by atoms with Crippen molar-refractivity contribution in [2.45, 2.75) is 13.0 Å². The van der Waals surface area contributed by atoms with Gasteiger partial charge in [0, 0.05) is 16.5 Å². The first-order valence-corrected chi connectivity index (χ1v) is 6.15. The Labute approximate surface area is 110 Å². The Balaban J connectivity index is 2.31. The Morgan fingerprint density at radius 3 is 2.05 bits per heavy atom. The van der Waals surface area contributed by atoms with Gasteiger partial charge in [-0.2, -0.15) is 0 Å². The van der Waals surface area contributed by atoms with Crippen LogP contribution in [-0.4, -0.2) is 34.5 Å². The lowest BCUT2D eigenvalue weighted by molar-refractivity contribution is 0.0492. The Kier molecular flexibility index (Phi) is 2.61. The molecular weight excluding hydrogens is 242 g/mol. The summed E-state index contributed by atoms with van der Waals surface area (Å²) < 4.78 is 0. The number of benzene rings is 2. The van der Waals surface area contributed by atoms with E-state index >= 15 is 0 Å². The van der Waals surface area contributed by atoms with Crippen LogP contribution in [-0.2, 0) is 0 Å². The number of imide groups is 1. The summed E-state index contributed by atoms with van der Waals surface area (Å²) in [4.78, 5) is 26.0. The van der Waals surface area contributed by atoms with E-state index in [0.29, 0.717) is 16.5 Å². The molecule has 1 atom stereocenters. The molecule has 0 saturated heterocycles. The van der Waals surface area contributed by atoms with E-state index in [0.717, 1.165) is 10.3 Å². The van der Waals surface area contributed by atoms with Crippen molar-refractivity contribution in [3.05, 3.63) is 47.5 Å². The zero-order valence-corrected chi connectivity index (χ0v) is 10.5. The number of aliphatic hydroxyl groups excluding tert-OH is 1. The average Bonchev–Trinajstić information content (AvgIpc) is 2.44. The summed E-state index contributed by atoms with van der Waals surface area (Å²) in [5.74, 6) is -0.674. The van der Waals surface area contributed by atoms with Crippen LogP contribution in [0, 0.1) is 0 Å². The molecule has 4 heteroatoms. The van der Waals surface area contributed by atoms with Crippen molar-refractivity contribution < 1.29 is 14.7 Å². The molecule has 0 radical (unpaired) electrons. The van der Waals surface area contributed by atoms with Gasteiger partial charge in [0.15, 0.2) is 0 Å². The molecule has 0 saturated carbocycles. The second-order valence-electron chi connectivity index (χ2n) is 4.72. The predicted octanol–water partition coefficient (Wildman–Crippen LogP) is 1.82. The lowest BCUT2D eigenvalue weighted by Crippen LogP contribution is -2.47. The van der Waals surface area contributed by atoms with Crippen LogP contribution in [0.1, 0.15) is 27.6 Å². The van der Waals surface area contributed by atoms with E-state index < -0.39 is 6.04 Å². The lowest BCUT2D eigenvalue weighted by Gasteiger charge is -2.30. The van der Waals surface area contributed by atoms with E-state index in [2.05, 4.69) is 0 Å². The maximum Gasteiger partial charge on any atom is 0.261 e. The van der Waals surface area contributed by atoms with Crippen molar-refractivity contribution in [1.82, 2.24) is 4.90 Å². The van der Waals surface area contributed by atoms with Crippen molar-refractivity contribution in [3.63, 3.8) is 0 Å². The molecule has 1 aliphatic heterocycles. The molecule has 96 valence electrons. The highest BCUT2D eigenvalue weighted by Gasteiger charge is 2.35. The molecule has 0 unspecified atom stereocenters. The van der Waals surface area contributed by atoms with Crippen molar-refractivity contribution in [1.29, 1.82) is 0 Å². The zero-order valence-electron chi connectivity index (χ0n) is 10.5. The minimum absolute atomic E-state index is 0.240. The summed E-state index contributed by atoms with van der Waals surface area (Å²) in [5, 5.41) is 10.8. The lowest BCUT2D eigenvalue weighted by atomic mass is 9.93. The number of rotatable bonds is 2. The van der Waals surface area contributed by atoms with E-state index in [9.17, 15) is 14.7 Å². The maximum absolute atomic E-state index is 12.4. The van der Waals surface area contributed by atoms with Gasteiger partial charge in [-0.15, -0.1) is 0 Å². The Bertz CT molecular complexity index is 642. The molecule has 1 aliphatic rings. The van der Waals surface area contributed by atoms with Gasteiger partial charge < -0.3 is 5.11 Å². The topological polar surface area (TPSA) is 57.6 Å². The molecule has 4 nitrogen and oxygen atoms in total. The van der Waals surface area contributed by atoms with Crippen LogP contribution in [0.3, 0.4) is 0 Å². The van der Waals surface area contributed by atoms with Crippen LogP contribution in [0.4, 0.5) is 0 Å². The fourth-order valence-corrected chi connectivity index (χ4v) is 2.53. The Hall–Kier alpha value is -2.20. The first-order valence-electron chi connectivity index (χ1n) is 6.15. The second-order valence-corrected chi connectivity index (χ2v) is 4.72. The van der Waals surface area contributed by atoms with Crippen molar-refractivity contribution in [3.8, 4) is 0 Å². The smallest absolute Gasteiger partial charge is 0.261 e. The van der Waals surface area contributed by atoms with E-state index in [1.165, 1.54) is 0 Å². The standard InChI is InChI=1S/C15H13NO3/c1-9(8-17)16-14(18)11-6-2-4-10-5-3-7-12(13(10)11)15(16)19/h2-7,9,17H,8H2,1H3/t9-/m0/s1. The molecule has 2 aromatic carbocycles. The van der Waals surface area contributed by atoms with Crippen molar-refractivity contribution in [2.75, 3.05) is 6.61 Å². The third kappa shape index (κ3) is 1.57. The summed E-state index contributed by atoms with van der Waals surface area (Å²) in [6, 6.07) is 10.3. The highest BCUT2D eigenvalue weighted by Crippen LogP contribution is 2.30. The van der Waals surface area contributed by atoms with E-state index in [4.69, 9.17) is 0 Å². The summed E-state index contributed by atoms with van der Waals surface area (Å²) in [6.45, 7) is 1.42. The zero-order chi connectivity index (χ0) is 13.6. The van der Waals surface area contributed by atoms with Gasteiger partial charge in [-0.3, -0.25) is 14.5 Å². The molecule has 2 amide bonds. The summed E-state index contributed by atoms with van der Waals surface area (Å²) >= 11 is 0. The molecule has 1 heterocycles. The van der Waals surface area contributed by atoms with Crippen LogP contribution >= 0.6 is 0 Å². The van der Waals surface area contributed by atoms with Gasteiger partial charge in [0.1, 0.15) is 0 Å². The normalized spacial score (nSPS) is 16.0. The van der Waals surface area contributed by atoms with Crippen LogP contribution < -0.4 is 0 Å². The van der Waals surface area contributed by atoms with E-state index in [1.54, 1.807) is 31.2 Å². The summed E-state index contributed by atoms with van der Waals surface area (Å²) in [7, 11) is 0. The number of carbonyl (C=O) groups is 2. The molecule has 0 bridgehead atoms. The van der Waals surface area contributed by atoms with Crippen LogP contribution in [0.15, 0.2) is 36.4 Å². The highest BCUT2D eigenvalue weighted by atomic mass is 16.3. The van der Waals surface area contributed by atoms with Crippen LogP contribution in [0.2, 0.25) is 0 Å². The van der Waals surface area contributed by atoms with Crippen LogP contribution in [0.25, 0.3) is 10.8 Å². The number of nitrogens with zero attached hydrogens (tertiary/aromatic N) is 1. The molecular formula is C15H13NO3. The van der Waals surface area contributed by atoms with Gasteiger partial charge >= 0.3 is 0 Å². The largest absolute Gasteiger partial charge is 0.394 e.